The summed E-state index contributed by atoms with van der Waals surface area (Å²) in [6.07, 6.45) is 2.96. The van der Waals surface area contributed by atoms with E-state index in [2.05, 4.69) is 12.0 Å². The highest BCUT2D eigenvalue weighted by Crippen LogP contribution is 2.12. The van der Waals surface area contributed by atoms with E-state index in [9.17, 15) is 4.79 Å². The van der Waals surface area contributed by atoms with Gasteiger partial charge in [0.1, 0.15) is 0 Å². The number of unbranched alkanes of at least 4 members (excludes halogenated alkanes) is 1. The summed E-state index contributed by atoms with van der Waals surface area (Å²) >= 11 is 5.87. The summed E-state index contributed by atoms with van der Waals surface area (Å²) in [6, 6.07) is 1.56. The zero-order valence-corrected chi connectivity index (χ0v) is 8.64. The third-order valence-corrected chi connectivity index (χ3v) is 2.24. The summed E-state index contributed by atoms with van der Waals surface area (Å²) in [5.74, 6) is 0. The van der Waals surface area contributed by atoms with Gasteiger partial charge in [-0.15, -0.1) is 0 Å². The van der Waals surface area contributed by atoms with Crippen LogP contribution in [0.3, 0.4) is 0 Å². The van der Waals surface area contributed by atoms with Gasteiger partial charge in [0.2, 0.25) is 0 Å². The molecule has 0 bridgehead atoms. The Balaban J connectivity index is 2.95. The van der Waals surface area contributed by atoms with Gasteiger partial charge < -0.3 is 0 Å². The fourth-order valence-corrected chi connectivity index (χ4v) is 1.35. The molecule has 72 valence electrons. The van der Waals surface area contributed by atoms with Crippen molar-refractivity contribution in [3.63, 3.8) is 0 Å². The Labute approximate surface area is 82.3 Å². The molecule has 1 rings (SSSR count). The number of nitrogens with zero attached hydrogens (tertiary/aromatic N) is 2. The van der Waals surface area contributed by atoms with E-state index in [1.165, 1.54) is 4.68 Å². The first-order chi connectivity index (χ1) is 6.15. The van der Waals surface area contributed by atoms with Crippen LogP contribution in [0.5, 0.6) is 0 Å². The maximum absolute atomic E-state index is 11.2. The van der Waals surface area contributed by atoms with E-state index in [1.54, 1.807) is 13.1 Å². The molecular weight excluding hydrogens is 188 g/mol. The molecule has 0 amide bonds. The van der Waals surface area contributed by atoms with Crippen molar-refractivity contribution in [1.82, 2.24) is 9.78 Å². The van der Waals surface area contributed by atoms with E-state index in [-0.39, 0.29) is 5.56 Å². The number of rotatable bonds is 3. The molecule has 0 atom stereocenters. The Hall–Kier alpha value is -0.830. The van der Waals surface area contributed by atoms with Crippen LogP contribution in [0.2, 0.25) is 5.15 Å². The minimum Gasteiger partial charge on any atom is -0.268 e. The van der Waals surface area contributed by atoms with Gasteiger partial charge in [-0.2, -0.15) is 5.10 Å². The summed E-state index contributed by atoms with van der Waals surface area (Å²) < 4.78 is 1.25. The second-order valence-electron chi connectivity index (χ2n) is 3.03. The third kappa shape index (κ3) is 2.56. The zero-order chi connectivity index (χ0) is 9.84. The van der Waals surface area contributed by atoms with Crippen LogP contribution in [0.15, 0.2) is 10.9 Å². The average molecular weight is 201 g/mol. The Kier molecular flexibility index (Phi) is 3.48. The maximum atomic E-state index is 11.2. The molecule has 0 unspecified atom stereocenters. The van der Waals surface area contributed by atoms with E-state index in [1.807, 2.05) is 0 Å². The van der Waals surface area contributed by atoms with Crippen LogP contribution in [-0.4, -0.2) is 9.78 Å². The molecule has 3 nitrogen and oxygen atoms in total. The van der Waals surface area contributed by atoms with E-state index in [4.69, 9.17) is 11.6 Å². The maximum Gasteiger partial charge on any atom is 0.266 e. The number of aromatic nitrogens is 2. The Bertz CT molecular complexity index is 346. The van der Waals surface area contributed by atoms with Crippen molar-refractivity contribution in [1.29, 1.82) is 0 Å². The van der Waals surface area contributed by atoms with Crippen LogP contribution in [-0.2, 0) is 13.5 Å². The lowest BCUT2D eigenvalue weighted by atomic mass is 10.1. The standard InChI is InChI=1S/C9H13ClN2O/c1-3-4-5-7-6-8(13)12(2)11-9(7)10/h6H,3-5H2,1-2H3. The van der Waals surface area contributed by atoms with Gasteiger partial charge in [0.15, 0.2) is 5.15 Å². The van der Waals surface area contributed by atoms with Crippen LogP contribution in [0, 0.1) is 0 Å². The molecule has 0 aliphatic heterocycles. The molecule has 0 radical (unpaired) electrons. The van der Waals surface area contributed by atoms with Crippen LogP contribution < -0.4 is 5.56 Å². The number of aryl methyl sites for hydroxylation is 2. The molecule has 4 heteroatoms. The molecule has 0 saturated heterocycles. The van der Waals surface area contributed by atoms with Gasteiger partial charge in [-0.05, 0) is 18.4 Å². The molecule has 0 aliphatic rings. The minimum atomic E-state index is -0.101. The molecule has 0 saturated carbocycles. The van der Waals surface area contributed by atoms with Gasteiger partial charge >= 0.3 is 0 Å². The van der Waals surface area contributed by atoms with Crippen LogP contribution in [0.1, 0.15) is 25.3 Å². The molecule has 0 fully saturated rings. The molecule has 13 heavy (non-hydrogen) atoms. The number of hydrogen-bond acceptors (Lipinski definition) is 2. The van der Waals surface area contributed by atoms with Crippen molar-refractivity contribution < 1.29 is 0 Å². The number of halogens is 1. The van der Waals surface area contributed by atoms with Crippen LogP contribution in [0.4, 0.5) is 0 Å². The molecule has 1 heterocycles. The van der Waals surface area contributed by atoms with E-state index >= 15 is 0 Å². The lowest BCUT2D eigenvalue weighted by molar-refractivity contribution is 0.691. The SMILES string of the molecule is CCCCc1cc(=O)n(C)nc1Cl. The summed E-state index contributed by atoms with van der Waals surface area (Å²) in [5.41, 5.74) is 0.752. The molecule has 0 aliphatic carbocycles. The van der Waals surface area contributed by atoms with E-state index in [0.29, 0.717) is 5.15 Å². The topological polar surface area (TPSA) is 34.9 Å². The highest BCUT2D eigenvalue weighted by Gasteiger charge is 2.03. The summed E-state index contributed by atoms with van der Waals surface area (Å²) in [7, 11) is 1.60. The normalized spacial score (nSPS) is 10.4. The van der Waals surface area contributed by atoms with Gasteiger partial charge in [0.25, 0.3) is 5.56 Å². The van der Waals surface area contributed by atoms with Crippen molar-refractivity contribution in [2.45, 2.75) is 26.2 Å². The van der Waals surface area contributed by atoms with Crippen molar-refractivity contribution in [2.24, 2.45) is 7.05 Å². The van der Waals surface area contributed by atoms with Gasteiger partial charge in [-0.3, -0.25) is 4.79 Å². The second kappa shape index (κ2) is 4.42. The average Bonchev–Trinajstić information content (AvgIpc) is 2.09. The zero-order valence-electron chi connectivity index (χ0n) is 7.88. The van der Waals surface area contributed by atoms with Crippen LogP contribution in [0.25, 0.3) is 0 Å². The second-order valence-corrected chi connectivity index (χ2v) is 3.38. The first kappa shape index (κ1) is 10.3. The Morgan fingerprint density at radius 3 is 2.92 bits per heavy atom. The van der Waals surface area contributed by atoms with Crippen molar-refractivity contribution in [2.75, 3.05) is 0 Å². The predicted octanol–water partition coefficient (Wildman–Crippen LogP) is 1.78. The summed E-state index contributed by atoms with van der Waals surface area (Å²) in [6.45, 7) is 2.10. The largest absolute Gasteiger partial charge is 0.268 e. The van der Waals surface area contributed by atoms with Gasteiger partial charge in [-0.1, -0.05) is 24.9 Å². The third-order valence-electron chi connectivity index (χ3n) is 1.92. The molecule has 0 N–H and O–H groups in total. The molecular formula is C9H13ClN2O. The van der Waals surface area contributed by atoms with Gasteiger partial charge in [0.05, 0.1) is 0 Å². The quantitative estimate of drug-likeness (QED) is 0.746. The van der Waals surface area contributed by atoms with Crippen molar-refractivity contribution in [3.05, 3.63) is 27.1 Å². The van der Waals surface area contributed by atoms with Gasteiger partial charge in [-0.25, -0.2) is 4.68 Å². The molecule has 0 spiro atoms. The van der Waals surface area contributed by atoms with E-state index in [0.717, 1.165) is 24.8 Å². The molecule has 0 aromatic carbocycles. The lowest BCUT2D eigenvalue weighted by Gasteiger charge is -2.03. The molecule has 1 aromatic heterocycles. The fraction of sp³-hybridized carbons (Fsp3) is 0.556. The van der Waals surface area contributed by atoms with Crippen molar-refractivity contribution in [3.8, 4) is 0 Å². The van der Waals surface area contributed by atoms with Crippen molar-refractivity contribution >= 4 is 11.6 Å². The lowest BCUT2D eigenvalue weighted by Crippen LogP contribution is -2.19. The first-order valence-corrected chi connectivity index (χ1v) is 4.75. The Morgan fingerprint density at radius 1 is 1.62 bits per heavy atom. The van der Waals surface area contributed by atoms with Gasteiger partial charge in [0, 0.05) is 13.1 Å². The number of hydrogen-bond donors (Lipinski definition) is 0. The predicted molar refractivity (Wildman–Crippen MR) is 53.1 cm³/mol. The van der Waals surface area contributed by atoms with Crippen LogP contribution >= 0.6 is 11.6 Å². The fourth-order valence-electron chi connectivity index (χ4n) is 1.09. The Morgan fingerprint density at radius 2 is 2.31 bits per heavy atom. The van der Waals surface area contributed by atoms with E-state index < -0.39 is 0 Å². The smallest absolute Gasteiger partial charge is 0.266 e. The summed E-state index contributed by atoms with van der Waals surface area (Å²) in [4.78, 5) is 11.2. The highest BCUT2D eigenvalue weighted by atomic mass is 35.5. The highest BCUT2D eigenvalue weighted by molar-refractivity contribution is 6.30. The first-order valence-electron chi connectivity index (χ1n) is 4.38. The summed E-state index contributed by atoms with van der Waals surface area (Å²) in [5, 5.41) is 4.34. The molecule has 1 aromatic rings. The monoisotopic (exact) mass is 200 g/mol. The minimum absolute atomic E-state index is 0.101.